The van der Waals surface area contributed by atoms with E-state index in [9.17, 15) is 10.1 Å². The van der Waals surface area contributed by atoms with E-state index in [4.69, 9.17) is 5.26 Å². The second-order valence-corrected chi connectivity index (χ2v) is 6.71. The van der Waals surface area contributed by atoms with Crippen LogP contribution < -0.4 is 10.9 Å². The van der Waals surface area contributed by atoms with Gasteiger partial charge in [0.05, 0.1) is 33.2 Å². The van der Waals surface area contributed by atoms with Crippen molar-refractivity contribution in [1.29, 1.82) is 10.5 Å². The van der Waals surface area contributed by atoms with Gasteiger partial charge in [-0.3, -0.25) is 4.79 Å². The Kier molecular flexibility index (Phi) is 4.75. The monoisotopic (exact) mass is 407 g/mol. The van der Waals surface area contributed by atoms with Gasteiger partial charge in [-0.15, -0.1) is 0 Å². The van der Waals surface area contributed by atoms with Gasteiger partial charge in [0.25, 0.3) is 5.56 Å². The Morgan fingerprint density at radius 2 is 2.04 bits per heavy atom. The van der Waals surface area contributed by atoms with Crippen LogP contribution in [0.2, 0.25) is 0 Å². The van der Waals surface area contributed by atoms with Crippen LogP contribution in [0.5, 0.6) is 0 Å². The molecule has 0 amide bonds. The van der Waals surface area contributed by atoms with Crippen molar-refractivity contribution >= 4 is 32.7 Å². The standard InChI is InChI=1S/C19H14BrN5O/c1-11(13-5-3-4-12(6-13)8-21)24-18-15-7-16(20)19(26)25(2)17(15)14(9-22)10-23-18/h3-7,10-11H,1-2H3,(H,23,24)/t11-/m1/s1. The van der Waals surface area contributed by atoms with Crippen molar-refractivity contribution in [2.45, 2.75) is 13.0 Å². The molecule has 128 valence electrons. The molecule has 0 aliphatic rings. The molecule has 0 spiro atoms. The molecule has 1 atom stereocenters. The number of nitrogens with one attached hydrogen (secondary N) is 1. The lowest BCUT2D eigenvalue weighted by Crippen LogP contribution is -2.19. The van der Waals surface area contributed by atoms with Gasteiger partial charge in [-0.25, -0.2) is 4.98 Å². The first-order valence-electron chi connectivity index (χ1n) is 7.81. The summed E-state index contributed by atoms with van der Waals surface area (Å²) in [7, 11) is 1.62. The van der Waals surface area contributed by atoms with E-state index in [1.54, 1.807) is 19.2 Å². The lowest BCUT2D eigenvalue weighted by Gasteiger charge is -2.18. The van der Waals surface area contributed by atoms with Crippen LogP contribution in [0.3, 0.4) is 0 Å². The third-order valence-electron chi connectivity index (χ3n) is 4.19. The van der Waals surface area contributed by atoms with E-state index in [1.165, 1.54) is 10.8 Å². The van der Waals surface area contributed by atoms with Crippen LogP contribution in [0.1, 0.15) is 29.7 Å². The first-order valence-corrected chi connectivity index (χ1v) is 8.60. The van der Waals surface area contributed by atoms with Gasteiger partial charge in [0.15, 0.2) is 0 Å². The smallest absolute Gasteiger partial charge is 0.265 e. The molecule has 0 radical (unpaired) electrons. The van der Waals surface area contributed by atoms with Crippen molar-refractivity contribution in [1.82, 2.24) is 9.55 Å². The summed E-state index contributed by atoms with van der Waals surface area (Å²) in [6.07, 6.45) is 1.45. The first-order chi connectivity index (χ1) is 12.5. The summed E-state index contributed by atoms with van der Waals surface area (Å²) in [6.45, 7) is 1.96. The molecule has 0 fully saturated rings. The molecule has 2 heterocycles. The number of anilines is 1. The Labute approximate surface area is 158 Å². The van der Waals surface area contributed by atoms with Gasteiger partial charge in [0, 0.05) is 18.6 Å². The summed E-state index contributed by atoms with van der Waals surface area (Å²) in [5.41, 5.74) is 2.15. The number of halogens is 1. The lowest BCUT2D eigenvalue weighted by atomic mass is 10.1. The maximum Gasteiger partial charge on any atom is 0.265 e. The summed E-state index contributed by atoms with van der Waals surface area (Å²) < 4.78 is 1.83. The van der Waals surface area contributed by atoms with Gasteiger partial charge in [-0.1, -0.05) is 12.1 Å². The maximum absolute atomic E-state index is 12.2. The molecular weight excluding hydrogens is 394 g/mol. The fourth-order valence-corrected chi connectivity index (χ4v) is 3.32. The number of hydrogen-bond donors (Lipinski definition) is 1. The minimum atomic E-state index is -0.221. The molecule has 7 heteroatoms. The largest absolute Gasteiger partial charge is 0.363 e. The van der Waals surface area contributed by atoms with E-state index in [1.807, 2.05) is 25.1 Å². The number of benzene rings is 1. The highest BCUT2D eigenvalue weighted by molar-refractivity contribution is 9.10. The number of fused-ring (bicyclic) bond motifs is 1. The number of aromatic nitrogens is 2. The zero-order valence-corrected chi connectivity index (χ0v) is 15.7. The van der Waals surface area contributed by atoms with E-state index in [2.05, 4.69) is 38.4 Å². The molecule has 6 nitrogen and oxygen atoms in total. The molecule has 3 aromatic rings. The third kappa shape index (κ3) is 3.05. The fourth-order valence-electron chi connectivity index (χ4n) is 2.83. The fraction of sp³-hybridized carbons (Fsp3) is 0.158. The second kappa shape index (κ2) is 6.99. The highest BCUT2D eigenvalue weighted by atomic mass is 79.9. The number of nitriles is 2. The van der Waals surface area contributed by atoms with Crippen LogP contribution >= 0.6 is 15.9 Å². The van der Waals surface area contributed by atoms with Gasteiger partial charge in [0.1, 0.15) is 11.9 Å². The number of rotatable bonds is 3. The maximum atomic E-state index is 12.2. The number of hydrogen-bond acceptors (Lipinski definition) is 5. The molecule has 1 N–H and O–H groups in total. The minimum absolute atomic E-state index is 0.122. The van der Waals surface area contributed by atoms with Crippen LogP contribution in [-0.4, -0.2) is 9.55 Å². The van der Waals surface area contributed by atoms with E-state index >= 15 is 0 Å². The molecule has 1 aromatic carbocycles. The van der Waals surface area contributed by atoms with Gasteiger partial charge >= 0.3 is 0 Å². The van der Waals surface area contributed by atoms with Crippen LogP contribution in [0, 0.1) is 22.7 Å². The minimum Gasteiger partial charge on any atom is -0.363 e. The Bertz CT molecular complexity index is 1150. The Balaban J connectivity index is 2.13. The van der Waals surface area contributed by atoms with Gasteiger partial charge < -0.3 is 9.88 Å². The van der Waals surface area contributed by atoms with E-state index in [0.717, 1.165) is 5.56 Å². The Morgan fingerprint density at radius 3 is 2.73 bits per heavy atom. The van der Waals surface area contributed by atoms with Crippen LogP contribution in [-0.2, 0) is 7.05 Å². The van der Waals surface area contributed by atoms with Crippen LogP contribution in [0.15, 0.2) is 45.8 Å². The van der Waals surface area contributed by atoms with E-state index < -0.39 is 0 Å². The topological polar surface area (TPSA) is 94.5 Å². The SMILES string of the molecule is C[C@@H](Nc1ncc(C#N)c2c1cc(Br)c(=O)n2C)c1cccc(C#N)c1. The number of pyridine rings is 2. The molecule has 2 aromatic heterocycles. The molecule has 0 unspecified atom stereocenters. The quantitative estimate of drug-likeness (QED) is 0.715. The average molecular weight is 408 g/mol. The Hall–Kier alpha value is -3.16. The average Bonchev–Trinajstić information content (AvgIpc) is 2.66. The molecule has 3 rings (SSSR count). The molecule has 0 aliphatic carbocycles. The third-order valence-corrected chi connectivity index (χ3v) is 4.76. The van der Waals surface area contributed by atoms with Crippen molar-refractivity contribution in [3.63, 3.8) is 0 Å². The molecule has 0 bridgehead atoms. The zero-order valence-electron chi connectivity index (χ0n) is 14.1. The van der Waals surface area contributed by atoms with Crippen LogP contribution in [0.4, 0.5) is 5.82 Å². The van der Waals surface area contributed by atoms with Crippen molar-refractivity contribution in [2.75, 3.05) is 5.32 Å². The van der Waals surface area contributed by atoms with Gasteiger partial charge in [-0.2, -0.15) is 10.5 Å². The lowest BCUT2D eigenvalue weighted by molar-refractivity contribution is 0.871. The summed E-state index contributed by atoms with van der Waals surface area (Å²) >= 11 is 3.27. The second-order valence-electron chi connectivity index (χ2n) is 5.85. The molecule has 26 heavy (non-hydrogen) atoms. The normalized spacial score (nSPS) is 11.6. The highest BCUT2D eigenvalue weighted by Gasteiger charge is 2.15. The van der Waals surface area contributed by atoms with Gasteiger partial charge in [0.2, 0.25) is 0 Å². The van der Waals surface area contributed by atoms with Crippen molar-refractivity contribution in [3.8, 4) is 12.1 Å². The summed E-state index contributed by atoms with van der Waals surface area (Å²) in [5, 5.41) is 22.4. The number of aryl methyl sites for hydroxylation is 1. The van der Waals surface area contributed by atoms with E-state index in [-0.39, 0.29) is 11.6 Å². The van der Waals surface area contributed by atoms with Gasteiger partial charge in [-0.05, 0) is 46.6 Å². The summed E-state index contributed by atoms with van der Waals surface area (Å²) in [6, 6.07) is 13.1. The molecular formula is C19H14BrN5O. The van der Waals surface area contributed by atoms with Crippen molar-refractivity contribution in [3.05, 3.63) is 68.0 Å². The predicted molar refractivity (Wildman–Crippen MR) is 103 cm³/mol. The zero-order chi connectivity index (χ0) is 18.8. The van der Waals surface area contributed by atoms with Crippen LogP contribution in [0.25, 0.3) is 10.9 Å². The van der Waals surface area contributed by atoms with Crippen molar-refractivity contribution in [2.24, 2.45) is 7.05 Å². The van der Waals surface area contributed by atoms with Crippen molar-refractivity contribution < 1.29 is 0 Å². The predicted octanol–water partition coefficient (Wildman–Crippen LogP) is 3.61. The molecule has 0 aliphatic heterocycles. The number of nitrogens with zero attached hydrogens (tertiary/aromatic N) is 4. The molecule has 0 saturated carbocycles. The molecule has 0 saturated heterocycles. The summed E-state index contributed by atoms with van der Waals surface area (Å²) in [4.78, 5) is 16.6. The van der Waals surface area contributed by atoms with E-state index in [0.29, 0.717) is 32.3 Å². The summed E-state index contributed by atoms with van der Waals surface area (Å²) in [5.74, 6) is 0.560. The Morgan fingerprint density at radius 1 is 1.27 bits per heavy atom. The first kappa shape index (κ1) is 17.7. The highest BCUT2D eigenvalue weighted by Crippen LogP contribution is 2.28.